The van der Waals surface area contributed by atoms with Crippen molar-refractivity contribution >= 4 is 5.91 Å². The minimum atomic E-state index is -0.109. The summed E-state index contributed by atoms with van der Waals surface area (Å²) in [7, 11) is 0. The molecule has 114 valence electrons. The van der Waals surface area contributed by atoms with E-state index in [4.69, 9.17) is 0 Å². The fourth-order valence-electron chi connectivity index (χ4n) is 4.27. The molecular weight excluding hydrogens is 270 g/mol. The molecule has 2 heterocycles. The number of amides is 1. The standard InChI is InChI=1S/C20H23NO/c1-14-11-12-19-17-10-6-5-9-16(17)13-18(20(22)21(14)19)15-7-3-2-4-8-15/h2-4,7-8,13-14,18H,5-6,9-12H2,1H3/t14-,18-/m1/s1. The third-order valence-electron chi connectivity index (χ3n) is 5.42. The summed E-state index contributed by atoms with van der Waals surface area (Å²) in [6.07, 6.45) is 9.26. The highest BCUT2D eigenvalue weighted by molar-refractivity contribution is 5.89. The van der Waals surface area contributed by atoms with Gasteiger partial charge in [-0.3, -0.25) is 4.79 Å². The molecule has 1 aromatic carbocycles. The van der Waals surface area contributed by atoms with Crippen molar-refractivity contribution in [3.8, 4) is 0 Å². The number of rotatable bonds is 1. The lowest BCUT2D eigenvalue weighted by molar-refractivity contribution is -0.130. The predicted octanol–water partition coefficient (Wildman–Crippen LogP) is 4.55. The van der Waals surface area contributed by atoms with Crippen molar-refractivity contribution in [1.82, 2.24) is 4.90 Å². The van der Waals surface area contributed by atoms with Crippen molar-refractivity contribution in [2.45, 2.75) is 57.4 Å². The monoisotopic (exact) mass is 293 g/mol. The van der Waals surface area contributed by atoms with Crippen molar-refractivity contribution in [1.29, 1.82) is 0 Å². The summed E-state index contributed by atoms with van der Waals surface area (Å²) in [5.74, 6) is 0.169. The van der Waals surface area contributed by atoms with Gasteiger partial charge < -0.3 is 4.90 Å². The van der Waals surface area contributed by atoms with Gasteiger partial charge in [0.25, 0.3) is 0 Å². The number of benzene rings is 1. The van der Waals surface area contributed by atoms with Gasteiger partial charge in [0.2, 0.25) is 5.91 Å². The van der Waals surface area contributed by atoms with Gasteiger partial charge in [-0.1, -0.05) is 36.4 Å². The Hall–Kier alpha value is -1.83. The Morgan fingerprint density at radius 3 is 2.64 bits per heavy atom. The first-order valence-corrected chi connectivity index (χ1v) is 8.57. The maximum Gasteiger partial charge on any atom is 0.238 e. The zero-order valence-corrected chi connectivity index (χ0v) is 13.2. The smallest absolute Gasteiger partial charge is 0.238 e. The molecule has 4 rings (SSSR count). The van der Waals surface area contributed by atoms with Gasteiger partial charge in [0.1, 0.15) is 0 Å². The average molecular weight is 293 g/mol. The SMILES string of the molecule is C[C@@H]1CCC2=C3CCCCC3=C[C@H](c3ccccc3)C(=O)N21. The van der Waals surface area contributed by atoms with Gasteiger partial charge in [0, 0.05) is 11.7 Å². The summed E-state index contributed by atoms with van der Waals surface area (Å²) in [5, 5.41) is 0. The maximum absolute atomic E-state index is 13.2. The largest absolute Gasteiger partial charge is 0.312 e. The van der Waals surface area contributed by atoms with Crippen LogP contribution in [0.3, 0.4) is 0 Å². The van der Waals surface area contributed by atoms with E-state index in [2.05, 4.69) is 30.0 Å². The number of carbonyl (C=O) groups is 1. The number of hydrogen-bond donors (Lipinski definition) is 0. The van der Waals surface area contributed by atoms with Gasteiger partial charge >= 0.3 is 0 Å². The van der Waals surface area contributed by atoms with Crippen LogP contribution in [-0.2, 0) is 4.79 Å². The fourth-order valence-corrected chi connectivity index (χ4v) is 4.27. The van der Waals surface area contributed by atoms with Crippen molar-refractivity contribution < 1.29 is 4.79 Å². The van der Waals surface area contributed by atoms with Crippen molar-refractivity contribution in [3.63, 3.8) is 0 Å². The Morgan fingerprint density at radius 2 is 1.82 bits per heavy atom. The van der Waals surface area contributed by atoms with E-state index in [-0.39, 0.29) is 11.8 Å². The van der Waals surface area contributed by atoms with Crippen LogP contribution >= 0.6 is 0 Å². The molecule has 0 spiro atoms. The summed E-state index contributed by atoms with van der Waals surface area (Å²) >= 11 is 0. The van der Waals surface area contributed by atoms with Crippen molar-refractivity contribution in [2.24, 2.45) is 0 Å². The van der Waals surface area contributed by atoms with Crippen LogP contribution in [0.2, 0.25) is 0 Å². The minimum absolute atomic E-state index is 0.109. The second kappa shape index (κ2) is 5.42. The summed E-state index contributed by atoms with van der Waals surface area (Å²) < 4.78 is 0. The zero-order valence-electron chi connectivity index (χ0n) is 13.2. The van der Waals surface area contributed by atoms with Crippen LogP contribution < -0.4 is 0 Å². The molecule has 0 unspecified atom stereocenters. The molecule has 1 aromatic rings. The van der Waals surface area contributed by atoms with Crippen LogP contribution in [0, 0.1) is 0 Å². The highest BCUT2D eigenvalue weighted by Crippen LogP contribution is 2.43. The zero-order chi connectivity index (χ0) is 15.1. The van der Waals surface area contributed by atoms with Crippen LogP contribution in [0.5, 0.6) is 0 Å². The molecule has 22 heavy (non-hydrogen) atoms. The summed E-state index contributed by atoms with van der Waals surface area (Å²) in [5.41, 5.74) is 5.40. The van der Waals surface area contributed by atoms with E-state index in [1.165, 1.54) is 29.7 Å². The third kappa shape index (κ3) is 2.13. The van der Waals surface area contributed by atoms with E-state index in [9.17, 15) is 4.79 Å². The molecule has 1 aliphatic carbocycles. The number of hydrogen-bond acceptors (Lipinski definition) is 1. The van der Waals surface area contributed by atoms with E-state index in [0.29, 0.717) is 6.04 Å². The third-order valence-corrected chi connectivity index (χ3v) is 5.42. The van der Waals surface area contributed by atoms with Crippen molar-refractivity contribution in [3.05, 3.63) is 58.8 Å². The van der Waals surface area contributed by atoms with E-state index in [1.807, 2.05) is 18.2 Å². The average Bonchev–Trinajstić information content (AvgIpc) is 2.88. The van der Waals surface area contributed by atoms with Gasteiger partial charge in [0.05, 0.1) is 5.92 Å². The molecule has 2 atom stereocenters. The maximum atomic E-state index is 13.2. The number of fused-ring (bicyclic) bond motifs is 2. The first kappa shape index (κ1) is 13.8. The molecule has 1 saturated heterocycles. The summed E-state index contributed by atoms with van der Waals surface area (Å²) in [6, 6.07) is 10.6. The van der Waals surface area contributed by atoms with Gasteiger partial charge in [-0.25, -0.2) is 0 Å². The summed E-state index contributed by atoms with van der Waals surface area (Å²) in [6.45, 7) is 2.20. The first-order valence-electron chi connectivity index (χ1n) is 8.57. The molecule has 2 heteroatoms. The van der Waals surface area contributed by atoms with Gasteiger partial charge in [-0.2, -0.15) is 0 Å². The Bertz CT molecular complexity index is 656. The molecule has 3 aliphatic rings. The predicted molar refractivity (Wildman–Crippen MR) is 88.3 cm³/mol. The Labute approximate surface area is 132 Å². The van der Waals surface area contributed by atoms with Crippen LogP contribution in [-0.4, -0.2) is 16.8 Å². The van der Waals surface area contributed by atoms with Gasteiger partial charge in [-0.05, 0) is 62.2 Å². The van der Waals surface area contributed by atoms with Gasteiger partial charge in [0.15, 0.2) is 0 Å². The highest BCUT2D eigenvalue weighted by atomic mass is 16.2. The molecular formula is C20H23NO. The fraction of sp³-hybridized carbons (Fsp3) is 0.450. The number of allylic oxidation sites excluding steroid dienone is 3. The van der Waals surface area contributed by atoms with Crippen LogP contribution in [0.4, 0.5) is 0 Å². The Morgan fingerprint density at radius 1 is 1.05 bits per heavy atom. The summed E-state index contributed by atoms with van der Waals surface area (Å²) in [4.78, 5) is 15.4. The molecule has 1 amide bonds. The Kier molecular flexibility index (Phi) is 3.40. The van der Waals surface area contributed by atoms with E-state index < -0.39 is 0 Å². The second-order valence-corrected chi connectivity index (χ2v) is 6.81. The Balaban J connectivity index is 1.84. The molecule has 0 bridgehead atoms. The molecule has 0 radical (unpaired) electrons. The van der Waals surface area contributed by atoms with Crippen LogP contribution in [0.15, 0.2) is 53.3 Å². The molecule has 2 nitrogen and oxygen atoms in total. The number of nitrogens with zero attached hydrogens (tertiary/aromatic N) is 1. The lowest BCUT2D eigenvalue weighted by Gasteiger charge is -2.27. The first-order chi connectivity index (χ1) is 10.8. The highest BCUT2D eigenvalue weighted by Gasteiger charge is 2.38. The van der Waals surface area contributed by atoms with Crippen molar-refractivity contribution in [2.75, 3.05) is 0 Å². The van der Waals surface area contributed by atoms with E-state index in [0.717, 1.165) is 31.2 Å². The quantitative estimate of drug-likeness (QED) is 0.744. The molecule has 0 N–H and O–H groups in total. The van der Waals surface area contributed by atoms with E-state index in [1.54, 1.807) is 0 Å². The lowest BCUT2D eigenvalue weighted by Crippen LogP contribution is -2.35. The van der Waals surface area contributed by atoms with Gasteiger partial charge in [-0.15, -0.1) is 0 Å². The number of carbonyl (C=O) groups excluding carboxylic acids is 1. The van der Waals surface area contributed by atoms with Crippen LogP contribution in [0.1, 0.15) is 56.9 Å². The topological polar surface area (TPSA) is 20.3 Å². The molecule has 2 aliphatic heterocycles. The van der Waals surface area contributed by atoms with Crippen LogP contribution in [0.25, 0.3) is 0 Å². The second-order valence-electron chi connectivity index (χ2n) is 6.81. The van der Waals surface area contributed by atoms with E-state index >= 15 is 0 Å². The lowest BCUT2D eigenvalue weighted by atomic mass is 9.85. The minimum Gasteiger partial charge on any atom is -0.312 e. The molecule has 1 saturated carbocycles. The normalized spacial score (nSPS) is 28.1. The molecule has 2 fully saturated rings. The molecule has 0 aromatic heterocycles.